The summed E-state index contributed by atoms with van der Waals surface area (Å²) in [6.45, 7) is 3.20. The average molecular weight is 323 g/mol. The second kappa shape index (κ2) is 8.14. The van der Waals surface area contributed by atoms with Crippen molar-refractivity contribution in [2.45, 2.75) is 11.3 Å². The predicted molar refractivity (Wildman–Crippen MR) is 85.0 cm³/mol. The van der Waals surface area contributed by atoms with E-state index in [1.54, 1.807) is 12.3 Å². The van der Waals surface area contributed by atoms with Gasteiger partial charge in [0.2, 0.25) is 0 Å². The maximum atomic E-state index is 12.6. The van der Waals surface area contributed by atoms with E-state index >= 15 is 0 Å². The number of methoxy groups -OCH3 is 1. The molecule has 0 atom stereocenters. The Bertz CT molecular complexity index is 531. The van der Waals surface area contributed by atoms with Gasteiger partial charge in [0.25, 0.3) is 5.91 Å². The number of rotatable bonds is 5. The van der Waals surface area contributed by atoms with Gasteiger partial charge in [0, 0.05) is 43.0 Å². The number of piperazine rings is 1. The first-order valence-electron chi connectivity index (χ1n) is 7.24. The van der Waals surface area contributed by atoms with Crippen molar-refractivity contribution in [1.29, 1.82) is 0 Å². The van der Waals surface area contributed by atoms with E-state index in [1.165, 1.54) is 18.9 Å². The second-order valence-corrected chi connectivity index (χ2v) is 6.26. The van der Waals surface area contributed by atoms with E-state index in [4.69, 9.17) is 0 Å². The van der Waals surface area contributed by atoms with Crippen molar-refractivity contribution in [3.8, 4) is 0 Å². The third-order valence-electron chi connectivity index (χ3n) is 3.56. The van der Waals surface area contributed by atoms with Gasteiger partial charge in [-0.2, -0.15) is 0 Å². The van der Waals surface area contributed by atoms with Crippen LogP contribution in [0.15, 0.2) is 23.2 Å². The fraction of sp³-hybridized carbons (Fsp3) is 0.533. The Morgan fingerprint density at radius 2 is 2.05 bits per heavy atom. The van der Waals surface area contributed by atoms with Crippen LogP contribution in [0.1, 0.15) is 16.9 Å². The standard InChI is InChI=1S/C15H21N3O3S/c1-17-7-9-18(10-8-17)15(20)14-12(4-3-6-16-14)22-11-5-13(19)21-2/h3-4,6H,5,7-11H2,1-2H3. The van der Waals surface area contributed by atoms with Crippen molar-refractivity contribution in [3.05, 3.63) is 24.0 Å². The largest absolute Gasteiger partial charge is 0.469 e. The first kappa shape index (κ1) is 16.8. The van der Waals surface area contributed by atoms with E-state index in [0.717, 1.165) is 31.1 Å². The minimum absolute atomic E-state index is 0.0331. The molecule has 120 valence electrons. The van der Waals surface area contributed by atoms with Crippen LogP contribution >= 0.6 is 11.8 Å². The van der Waals surface area contributed by atoms with Crippen LogP contribution in [0, 0.1) is 0 Å². The molecule has 1 fully saturated rings. The van der Waals surface area contributed by atoms with Crippen molar-refractivity contribution in [1.82, 2.24) is 14.8 Å². The maximum absolute atomic E-state index is 12.6. The quantitative estimate of drug-likeness (QED) is 0.598. The first-order chi connectivity index (χ1) is 10.6. The Kier molecular flexibility index (Phi) is 6.21. The molecule has 1 aromatic rings. The van der Waals surface area contributed by atoms with Gasteiger partial charge in [-0.3, -0.25) is 9.59 Å². The summed E-state index contributed by atoms with van der Waals surface area (Å²) in [5.41, 5.74) is 0.474. The molecule has 0 N–H and O–H groups in total. The van der Waals surface area contributed by atoms with Crippen LogP contribution in [0.2, 0.25) is 0 Å². The normalized spacial score (nSPS) is 15.6. The number of hydrogen-bond donors (Lipinski definition) is 0. The molecular weight excluding hydrogens is 302 g/mol. The summed E-state index contributed by atoms with van der Waals surface area (Å²) in [5.74, 6) is 0.291. The molecule has 22 heavy (non-hydrogen) atoms. The van der Waals surface area contributed by atoms with E-state index in [0.29, 0.717) is 17.9 Å². The number of carbonyl (C=O) groups is 2. The number of pyridine rings is 1. The summed E-state index contributed by atoms with van der Waals surface area (Å²) >= 11 is 1.46. The van der Waals surface area contributed by atoms with E-state index < -0.39 is 0 Å². The molecule has 1 saturated heterocycles. The molecule has 1 aromatic heterocycles. The zero-order chi connectivity index (χ0) is 15.9. The van der Waals surface area contributed by atoms with Crippen molar-refractivity contribution in [3.63, 3.8) is 0 Å². The van der Waals surface area contributed by atoms with Crippen LogP contribution in [-0.2, 0) is 9.53 Å². The molecule has 0 unspecified atom stereocenters. The number of ether oxygens (including phenoxy) is 1. The van der Waals surface area contributed by atoms with Crippen molar-refractivity contribution in [2.75, 3.05) is 46.1 Å². The number of esters is 1. The molecule has 0 radical (unpaired) electrons. The number of amides is 1. The van der Waals surface area contributed by atoms with Crippen LogP contribution in [-0.4, -0.2) is 72.7 Å². The van der Waals surface area contributed by atoms with Gasteiger partial charge in [-0.25, -0.2) is 4.98 Å². The van der Waals surface area contributed by atoms with E-state index in [9.17, 15) is 9.59 Å². The van der Waals surface area contributed by atoms with Gasteiger partial charge in [-0.15, -0.1) is 11.8 Å². The van der Waals surface area contributed by atoms with Crippen LogP contribution in [0.4, 0.5) is 0 Å². The van der Waals surface area contributed by atoms with Crippen molar-refractivity contribution < 1.29 is 14.3 Å². The molecule has 0 spiro atoms. The first-order valence-corrected chi connectivity index (χ1v) is 8.23. The van der Waals surface area contributed by atoms with Gasteiger partial charge >= 0.3 is 5.97 Å². The number of carbonyl (C=O) groups excluding carboxylic acids is 2. The van der Waals surface area contributed by atoms with E-state index in [2.05, 4.69) is 21.7 Å². The summed E-state index contributed by atoms with van der Waals surface area (Å²) in [6.07, 6.45) is 1.95. The smallest absolute Gasteiger partial charge is 0.306 e. The van der Waals surface area contributed by atoms with Crippen molar-refractivity contribution in [2.24, 2.45) is 0 Å². The molecule has 0 aliphatic carbocycles. The highest BCUT2D eigenvalue weighted by Gasteiger charge is 2.23. The predicted octanol–water partition coefficient (Wildman–Crippen LogP) is 1.12. The zero-order valence-electron chi connectivity index (χ0n) is 12.9. The van der Waals surface area contributed by atoms with Gasteiger partial charge in [0.15, 0.2) is 0 Å². The lowest BCUT2D eigenvalue weighted by atomic mass is 10.2. The summed E-state index contributed by atoms with van der Waals surface area (Å²) in [5, 5.41) is 0. The van der Waals surface area contributed by atoms with Crippen LogP contribution < -0.4 is 0 Å². The summed E-state index contributed by atoms with van der Waals surface area (Å²) in [4.78, 5) is 32.9. The van der Waals surface area contributed by atoms with Gasteiger partial charge in [0.05, 0.1) is 13.5 Å². The highest BCUT2D eigenvalue weighted by atomic mass is 32.2. The van der Waals surface area contributed by atoms with Crippen LogP contribution in [0.25, 0.3) is 0 Å². The molecular formula is C15H21N3O3S. The molecule has 0 bridgehead atoms. The van der Waals surface area contributed by atoms with Gasteiger partial charge in [-0.1, -0.05) is 0 Å². The molecule has 1 aliphatic rings. The van der Waals surface area contributed by atoms with Gasteiger partial charge in [-0.05, 0) is 19.2 Å². The van der Waals surface area contributed by atoms with E-state index in [1.807, 2.05) is 11.0 Å². The van der Waals surface area contributed by atoms with Crippen LogP contribution in [0.5, 0.6) is 0 Å². The highest BCUT2D eigenvalue weighted by Crippen LogP contribution is 2.23. The third-order valence-corrected chi connectivity index (χ3v) is 4.60. The lowest BCUT2D eigenvalue weighted by molar-refractivity contribution is -0.140. The van der Waals surface area contributed by atoms with Crippen molar-refractivity contribution >= 4 is 23.6 Å². The lowest BCUT2D eigenvalue weighted by Crippen LogP contribution is -2.47. The lowest BCUT2D eigenvalue weighted by Gasteiger charge is -2.32. The summed E-state index contributed by atoms with van der Waals surface area (Å²) in [7, 11) is 3.43. The molecule has 0 saturated carbocycles. The Labute approximate surface area is 134 Å². The number of nitrogens with zero attached hydrogens (tertiary/aromatic N) is 3. The molecule has 1 aliphatic heterocycles. The Balaban J connectivity index is 2.01. The number of thioether (sulfide) groups is 1. The number of hydrogen-bond acceptors (Lipinski definition) is 6. The average Bonchev–Trinajstić information content (AvgIpc) is 2.55. The minimum Gasteiger partial charge on any atom is -0.469 e. The Hall–Kier alpha value is -1.60. The van der Waals surface area contributed by atoms with Gasteiger partial charge in [0.1, 0.15) is 5.69 Å². The summed E-state index contributed by atoms with van der Waals surface area (Å²) < 4.78 is 4.62. The Morgan fingerprint density at radius 3 is 2.73 bits per heavy atom. The molecule has 1 amide bonds. The van der Waals surface area contributed by atoms with Crippen LogP contribution in [0.3, 0.4) is 0 Å². The topological polar surface area (TPSA) is 62.7 Å². The highest BCUT2D eigenvalue weighted by molar-refractivity contribution is 7.99. The molecule has 6 nitrogen and oxygen atoms in total. The third kappa shape index (κ3) is 4.45. The SMILES string of the molecule is COC(=O)CCSc1cccnc1C(=O)N1CCN(C)CC1. The summed E-state index contributed by atoms with van der Waals surface area (Å²) in [6, 6.07) is 3.68. The molecule has 0 aromatic carbocycles. The molecule has 2 heterocycles. The fourth-order valence-electron chi connectivity index (χ4n) is 2.17. The molecule has 7 heteroatoms. The minimum atomic E-state index is -0.247. The zero-order valence-corrected chi connectivity index (χ0v) is 13.8. The van der Waals surface area contributed by atoms with Gasteiger partial charge < -0.3 is 14.5 Å². The second-order valence-electron chi connectivity index (χ2n) is 5.12. The number of likely N-dealkylation sites (N-methyl/N-ethyl adjacent to an activating group) is 1. The molecule has 2 rings (SSSR count). The Morgan fingerprint density at radius 1 is 1.32 bits per heavy atom. The maximum Gasteiger partial charge on any atom is 0.306 e. The number of aromatic nitrogens is 1. The van der Waals surface area contributed by atoms with E-state index in [-0.39, 0.29) is 11.9 Å². The monoisotopic (exact) mass is 323 g/mol. The fourth-order valence-corrected chi connectivity index (χ4v) is 3.11.